The first-order valence-electron chi connectivity index (χ1n) is 3.95. The van der Waals surface area contributed by atoms with Gasteiger partial charge in [0.1, 0.15) is 5.82 Å². The Morgan fingerprint density at radius 3 is 2.93 bits per heavy atom. The minimum Gasteiger partial charge on any atom is -0.466 e. The van der Waals surface area contributed by atoms with Crippen LogP contribution >= 0.6 is 0 Å². The summed E-state index contributed by atoms with van der Waals surface area (Å²) in [6, 6.07) is 4.38. The van der Waals surface area contributed by atoms with Gasteiger partial charge in [-0.3, -0.25) is 0 Å². The number of halogens is 1. The predicted octanol–water partition coefficient (Wildman–Crippen LogP) is 1.59. The molecule has 0 aromatic heterocycles. The van der Waals surface area contributed by atoms with Crippen LogP contribution in [0.1, 0.15) is 5.56 Å². The number of rotatable bonds is 2. The van der Waals surface area contributed by atoms with E-state index >= 15 is 0 Å². The summed E-state index contributed by atoms with van der Waals surface area (Å²) >= 11 is 0. The quantitative estimate of drug-likeness (QED) is 0.443. The second-order valence-electron chi connectivity index (χ2n) is 2.60. The SMILES string of the molecule is COC(=O)C=Cc1cccc(F)c1N. The molecule has 0 spiro atoms. The van der Waals surface area contributed by atoms with Gasteiger partial charge in [-0.1, -0.05) is 12.1 Å². The minimum absolute atomic E-state index is 0.0210. The lowest BCUT2D eigenvalue weighted by atomic mass is 10.1. The molecule has 0 fully saturated rings. The van der Waals surface area contributed by atoms with Crippen molar-refractivity contribution in [3.8, 4) is 0 Å². The number of methoxy groups -OCH3 is 1. The molecular weight excluding hydrogens is 185 g/mol. The van der Waals surface area contributed by atoms with Crippen LogP contribution in [0.2, 0.25) is 0 Å². The van der Waals surface area contributed by atoms with Crippen molar-refractivity contribution in [1.29, 1.82) is 0 Å². The number of nitrogen functional groups attached to an aromatic ring is 1. The van der Waals surface area contributed by atoms with Gasteiger partial charge < -0.3 is 10.5 Å². The number of carbonyl (C=O) groups excluding carboxylic acids is 1. The molecule has 1 aromatic rings. The van der Waals surface area contributed by atoms with Gasteiger partial charge in [0, 0.05) is 11.6 Å². The van der Waals surface area contributed by atoms with Gasteiger partial charge in [0.25, 0.3) is 0 Å². The third-order valence-corrected chi connectivity index (χ3v) is 1.69. The molecule has 0 atom stereocenters. The number of carbonyl (C=O) groups is 1. The lowest BCUT2D eigenvalue weighted by Gasteiger charge is -2.00. The number of para-hydroxylation sites is 1. The fraction of sp³-hybridized carbons (Fsp3) is 0.100. The molecule has 0 bridgehead atoms. The van der Waals surface area contributed by atoms with Crippen LogP contribution in [0.4, 0.5) is 10.1 Å². The summed E-state index contributed by atoms with van der Waals surface area (Å²) in [7, 11) is 1.27. The van der Waals surface area contributed by atoms with Crippen molar-refractivity contribution < 1.29 is 13.9 Å². The molecule has 1 aromatic carbocycles. The lowest BCUT2D eigenvalue weighted by Crippen LogP contribution is -1.96. The Morgan fingerprint density at radius 1 is 1.57 bits per heavy atom. The van der Waals surface area contributed by atoms with E-state index in [0.717, 1.165) is 0 Å². The summed E-state index contributed by atoms with van der Waals surface area (Å²) in [4.78, 5) is 10.7. The van der Waals surface area contributed by atoms with E-state index in [0.29, 0.717) is 5.56 Å². The van der Waals surface area contributed by atoms with E-state index in [1.807, 2.05) is 0 Å². The van der Waals surface area contributed by atoms with Crippen LogP contribution in [0.25, 0.3) is 6.08 Å². The van der Waals surface area contributed by atoms with E-state index in [1.54, 1.807) is 6.07 Å². The molecule has 0 saturated heterocycles. The lowest BCUT2D eigenvalue weighted by molar-refractivity contribution is -0.134. The third kappa shape index (κ3) is 2.32. The van der Waals surface area contributed by atoms with E-state index in [-0.39, 0.29) is 5.69 Å². The zero-order chi connectivity index (χ0) is 10.6. The van der Waals surface area contributed by atoms with Crippen molar-refractivity contribution in [1.82, 2.24) is 0 Å². The zero-order valence-electron chi connectivity index (χ0n) is 7.66. The van der Waals surface area contributed by atoms with Crippen LogP contribution in [0.3, 0.4) is 0 Å². The average molecular weight is 195 g/mol. The Labute approximate surface area is 81.0 Å². The molecule has 2 N–H and O–H groups in total. The van der Waals surface area contributed by atoms with Crippen LogP contribution in [0, 0.1) is 5.82 Å². The van der Waals surface area contributed by atoms with Crippen LogP contribution in [0.5, 0.6) is 0 Å². The normalized spacial score (nSPS) is 10.4. The smallest absolute Gasteiger partial charge is 0.330 e. The number of nitrogens with two attached hydrogens (primary N) is 1. The van der Waals surface area contributed by atoms with E-state index in [4.69, 9.17) is 5.73 Å². The molecule has 14 heavy (non-hydrogen) atoms. The molecule has 0 unspecified atom stereocenters. The van der Waals surface area contributed by atoms with Crippen LogP contribution in [0.15, 0.2) is 24.3 Å². The highest BCUT2D eigenvalue weighted by Crippen LogP contribution is 2.16. The molecule has 1 rings (SSSR count). The molecule has 0 amide bonds. The first-order chi connectivity index (χ1) is 6.65. The molecule has 0 radical (unpaired) electrons. The Hall–Kier alpha value is -1.84. The number of anilines is 1. The zero-order valence-corrected chi connectivity index (χ0v) is 7.66. The topological polar surface area (TPSA) is 52.3 Å². The Bertz CT molecular complexity index is 374. The van der Waals surface area contributed by atoms with Crippen LogP contribution in [-0.2, 0) is 9.53 Å². The number of hydrogen-bond donors (Lipinski definition) is 1. The number of hydrogen-bond acceptors (Lipinski definition) is 3. The number of ether oxygens (including phenoxy) is 1. The number of benzene rings is 1. The molecule has 0 aliphatic carbocycles. The Balaban J connectivity index is 2.92. The van der Waals surface area contributed by atoms with Crippen molar-refractivity contribution in [3.05, 3.63) is 35.7 Å². The molecule has 0 aliphatic heterocycles. The monoisotopic (exact) mass is 195 g/mol. The van der Waals surface area contributed by atoms with E-state index in [9.17, 15) is 9.18 Å². The summed E-state index contributed by atoms with van der Waals surface area (Å²) in [5.41, 5.74) is 5.91. The van der Waals surface area contributed by atoms with E-state index in [2.05, 4.69) is 4.74 Å². The summed E-state index contributed by atoms with van der Waals surface area (Å²) in [6.07, 6.45) is 2.59. The summed E-state index contributed by atoms with van der Waals surface area (Å²) in [6.45, 7) is 0. The van der Waals surface area contributed by atoms with Gasteiger partial charge in [-0.2, -0.15) is 0 Å². The first kappa shape index (κ1) is 10.2. The summed E-state index contributed by atoms with van der Waals surface area (Å²) < 4.78 is 17.3. The third-order valence-electron chi connectivity index (χ3n) is 1.69. The van der Waals surface area contributed by atoms with Gasteiger partial charge in [0.15, 0.2) is 0 Å². The Kier molecular flexibility index (Phi) is 3.23. The highest BCUT2D eigenvalue weighted by atomic mass is 19.1. The second kappa shape index (κ2) is 4.41. The fourth-order valence-electron chi connectivity index (χ4n) is 0.925. The summed E-state index contributed by atoms with van der Waals surface area (Å²) in [5.74, 6) is -1.01. The van der Waals surface area contributed by atoms with Crippen molar-refractivity contribution in [2.45, 2.75) is 0 Å². The molecule has 4 heteroatoms. The summed E-state index contributed by atoms with van der Waals surface area (Å²) in [5, 5.41) is 0. The largest absolute Gasteiger partial charge is 0.466 e. The molecule has 0 saturated carbocycles. The van der Waals surface area contributed by atoms with Crippen LogP contribution < -0.4 is 5.73 Å². The maximum atomic E-state index is 12.9. The molecule has 0 heterocycles. The van der Waals surface area contributed by atoms with Crippen molar-refractivity contribution in [3.63, 3.8) is 0 Å². The van der Waals surface area contributed by atoms with E-state index in [1.165, 1.54) is 31.4 Å². The van der Waals surface area contributed by atoms with Gasteiger partial charge in [0.2, 0.25) is 0 Å². The van der Waals surface area contributed by atoms with E-state index < -0.39 is 11.8 Å². The Morgan fingerprint density at radius 2 is 2.29 bits per heavy atom. The molecular formula is C10H10FNO2. The van der Waals surface area contributed by atoms with Crippen molar-refractivity contribution in [2.24, 2.45) is 0 Å². The predicted molar refractivity (Wildman–Crippen MR) is 51.9 cm³/mol. The highest BCUT2D eigenvalue weighted by molar-refractivity contribution is 5.88. The fourth-order valence-corrected chi connectivity index (χ4v) is 0.925. The first-order valence-corrected chi connectivity index (χ1v) is 3.95. The van der Waals surface area contributed by atoms with Crippen LogP contribution in [-0.4, -0.2) is 13.1 Å². The molecule has 3 nitrogen and oxygen atoms in total. The van der Waals surface area contributed by atoms with Gasteiger partial charge in [-0.25, -0.2) is 9.18 Å². The van der Waals surface area contributed by atoms with Crippen molar-refractivity contribution in [2.75, 3.05) is 12.8 Å². The van der Waals surface area contributed by atoms with Crippen molar-refractivity contribution >= 4 is 17.7 Å². The van der Waals surface area contributed by atoms with Gasteiger partial charge >= 0.3 is 5.97 Å². The van der Waals surface area contributed by atoms with Gasteiger partial charge in [-0.05, 0) is 12.1 Å². The molecule has 74 valence electrons. The van der Waals surface area contributed by atoms with Gasteiger partial charge in [-0.15, -0.1) is 0 Å². The highest BCUT2D eigenvalue weighted by Gasteiger charge is 2.01. The maximum absolute atomic E-state index is 12.9. The minimum atomic E-state index is -0.506. The molecule has 0 aliphatic rings. The average Bonchev–Trinajstić information content (AvgIpc) is 2.20. The maximum Gasteiger partial charge on any atom is 0.330 e. The standard InChI is InChI=1S/C10H10FNO2/c1-14-9(13)6-5-7-3-2-4-8(11)10(7)12/h2-6H,12H2,1H3. The van der Waals surface area contributed by atoms with Gasteiger partial charge in [0.05, 0.1) is 12.8 Å². The number of esters is 1. The second-order valence-corrected chi connectivity index (χ2v) is 2.60.